The Labute approximate surface area is 200 Å². The average molecular weight is 508 g/mol. The van der Waals surface area contributed by atoms with Crippen LogP contribution in [0.25, 0.3) is 11.2 Å². The number of hydrogen-bond acceptors (Lipinski definition) is 11. The molecule has 14 nitrogen and oxygen atoms in total. The van der Waals surface area contributed by atoms with Crippen LogP contribution in [0.4, 0.5) is 5.82 Å². The Kier molecular flexibility index (Phi) is 7.25. The lowest BCUT2D eigenvalue weighted by molar-refractivity contribution is -0.119. The smallest absolute Gasteiger partial charge is 0.333 e. The number of ether oxygens (including phenoxy) is 1. The number of aliphatic hydroxyl groups is 2. The number of fused-ring (bicyclic) bond motifs is 1. The molecule has 1 aliphatic rings. The molecular formula is C20H25N7O7S. The van der Waals surface area contributed by atoms with Crippen molar-refractivity contribution in [3.05, 3.63) is 48.0 Å². The highest BCUT2D eigenvalue weighted by Crippen LogP contribution is 2.32. The number of carbonyl (C=O) groups is 1. The molecule has 4 atom stereocenters. The molecule has 0 bridgehead atoms. The molecule has 2 aromatic heterocycles. The Bertz CT molecular complexity index is 1320. The zero-order valence-electron chi connectivity index (χ0n) is 18.6. The van der Waals surface area contributed by atoms with Gasteiger partial charge in [0.05, 0.1) is 12.9 Å². The van der Waals surface area contributed by atoms with E-state index in [0.717, 1.165) is 11.1 Å². The summed E-state index contributed by atoms with van der Waals surface area (Å²) in [5.41, 5.74) is 2.60. The third-order valence-electron chi connectivity index (χ3n) is 5.46. The average Bonchev–Trinajstić information content (AvgIpc) is 3.36. The summed E-state index contributed by atoms with van der Waals surface area (Å²) in [5.74, 6) is 0.293. The zero-order chi connectivity index (χ0) is 25.2. The molecule has 35 heavy (non-hydrogen) atoms. The van der Waals surface area contributed by atoms with Crippen LogP contribution in [-0.2, 0) is 37.1 Å². The van der Waals surface area contributed by atoms with E-state index in [-0.39, 0.29) is 5.91 Å². The Morgan fingerprint density at radius 2 is 1.89 bits per heavy atom. The number of carbonyl (C=O) groups excluding carboxylic acids is 1. The number of anilines is 1. The quantitative estimate of drug-likeness (QED) is 0.235. The van der Waals surface area contributed by atoms with E-state index in [0.29, 0.717) is 30.1 Å². The van der Waals surface area contributed by atoms with Crippen LogP contribution < -0.4 is 15.8 Å². The number of nitrogens with zero attached hydrogens (tertiary/aromatic N) is 4. The van der Waals surface area contributed by atoms with Crippen molar-refractivity contribution in [2.75, 3.05) is 11.9 Å². The summed E-state index contributed by atoms with van der Waals surface area (Å²) in [5, 5.41) is 31.6. The van der Waals surface area contributed by atoms with E-state index in [1.165, 1.54) is 24.1 Å². The second-order valence-corrected chi connectivity index (χ2v) is 9.12. The number of amides is 1. The molecule has 0 spiro atoms. The molecule has 0 saturated carbocycles. The summed E-state index contributed by atoms with van der Waals surface area (Å²) in [6.45, 7) is 1.66. The van der Waals surface area contributed by atoms with Gasteiger partial charge in [0.25, 0.3) is 0 Å². The maximum atomic E-state index is 11.3. The first-order valence-electron chi connectivity index (χ1n) is 10.6. The zero-order valence-corrected chi connectivity index (χ0v) is 19.4. The van der Waals surface area contributed by atoms with Crippen LogP contribution >= 0.6 is 0 Å². The van der Waals surface area contributed by atoms with Crippen LogP contribution in [0, 0.1) is 0 Å². The van der Waals surface area contributed by atoms with Crippen molar-refractivity contribution in [1.29, 1.82) is 0 Å². The van der Waals surface area contributed by atoms with Gasteiger partial charge in [-0.05, 0) is 11.1 Å². The van der Waals surface area contributed by atoms with Crippen molar-refractivity contribution in [2.45, 2.75) is 44.6 Å². The molecule has 0 radical (unpaired) electrons. The van der Waals surface area contributed by atoms with Gasteiger partial charge in [-0.2, -0.15) is 8.42 Å². The van der Waals surface area contributed by atoms with Crippen molar-refractivity contribution in [3.8, 4) is 0 Å². The van der Waals surface area contributed by atoms with Gasteiger partial charge in [-0.3, -0.25) is 13.5 Å². The molecule has 1 fully saturated rings. The fourth-order valence-electron chi connectivity index (χ4n) is 3.73. The Hall–Kier alpha value is -3.21. The first-order chi connectivity index (χ1) is 16.6. The van der Waals surface area contributed by atoms with E-state index in [1.54, 1.807) is 0 Å². The van der Waals surface area contributed by atoms with Crippen molar-refractivity contribution in [1.82, 2.24) is 24.8 Å². The molecule has 1 saturated heterocycles. The molecule has 1 aliphatic heterocycles. The molecule has 0 aliphatic carbocycles. The normalized spacial score (nSPS) is 22.4. The van der Waals surface area contributed by atoms with Crippen LogP contribution in [0.1, 0.15) is 24.3 Å². The van der Waals surface area contributed by atoms with Crippen molar-refractivity contribution in [2.24, 2.45) is 5.14 Å². The summed E-state index contributed by atoms with van der Waals surface area (Å²) < 4.78 is 33.6. The largest absolute Gasteiger partial charge is 0.387 e. The van der Waals surface area contributed by atoms with Crippen LogP contribution in [0.5, 0.6) is 0 Å². The SMILES string of the molecule is CC(=O)NCc1ccccc1CNc1ncnc2c1ncn2[C@@H]1O[C@H](COS(N)(=O)=O)[C@@H](O)[C@H]1O. The number of nitrogens with one attached hydrogen (secondary N) is 2. The second-order valence-electron chi connectivity index (χ2n) is 7.90. The summed E-state index contributed by atoms with van der Waals surface area (Å²) >= 11 is 0. The van der Waals surface area contributed by atoms with E-state index < -0.39 is 41.5 Å². The molecule has 3 aromatic rings. The fourth-order valence-corrected chi connectivity index (χ4v) is 4.05. The van der Waals surface area contributed by atoms with Crippen molar-refractivity contribution >= 4 is 33.2 Å². The van der Waals surface area contributed by atoms with Crippen LogP contribution in [0.3, 0.4) is 0 Å². The van der Waals surface area contributed by atoms with Gasteiger partial charge in [0.2, 0.25) is 5.91 Å². The van der Waals surface area contributed by atoms with Gasteiger partial charge in [-0.15, -0.1) is 0 Å². The maximum absolute atomic E-state index is 11.3. The van der Waals surface area contributed by atoms with E-state index in [2.05, 4.69) is 29.8 Å². The first kappa shape index (κ1) is 24.9. The number of rotatable bonds is 9. The minimum Gasteiger partial charge on any atom is -0.387 e. The molecule has 0 unspecified atom stereocenters. The maximum Gasteiger partial charge on any atom is 0.333 e. The van der Waals surface area contributed by atoms with Gasteiger partial charge >= 0.3 is 10.3 Å². The molecule has 188 valence electrons. The fraction of sp³-hybridized carbons (Fsp3) is 0.400. The Balaban J connectivity index is 1.52. The lowest BCUT2D eigenvalue weighted by Gasteiger charge is -2.16. The van der Waals surface area contributed by atoms with E-state index >= 15 is 0 Å². The van der Waals surface area contributed by atoms with E-state index in [9.17, 15) is 23.4 Å². The molecule has 3 heterocycles. The van der Waals surface area contributed by atoms with Gasteiger partial charge in [0.15, 0.2) is 23.2 Å². The predicted octanol–water partition coefficient (Wildman–Crippen LogP) is -1.09. The van der Waals surface area contributed by atoms with Crippen LogP contribution in [0.15, 0.2) is 36.9 Å². The minimum absolute atomic E-state index is 0.129. The van der Waals surface area contributed by atoms with Gasteiger partial charge in [0.1, 0.15) is 24.6 Å². The number of benzene rings is 1. The molecule has 15 heteroatoms. The topological polar surface area (TPSA) is 204 Å². The molecule has 1 amide bonds. The van der Waals surface area contributed by atoms with Gasteiger partial charge in [0, 0.05) is 20.0 Å². The summed E-state index contributed by atoms with van der Waals surface area (Å²) in [6.07, 6.45) is -2.41. The molecule has 4 rings (SSSR count). The highest BCUT2D eigenvalue weighted by molar-refractivity contribution is 7.84. The minimum atomic E-state index is -4.25. The van der Waals surface area contributed by atoms with Gasteiger partial charge in [-0.25, -0.2) is 20.1 Å². The molecule has 1 aromatic carbocycles. The third-order valence-corrected chi connectivity index (χ3v) is 5.92. The first-order valence-corrected chi connectivity index (χ1v) is 12.0. The third kappa shape index (κ3) is 5.72. The highest BCUT2D eigenvalue weighted by atomic mass is 32.2. The Morgan fingerprint density at radius 3 is 2.57 bits per heavy atom. The monoisotopic (exact) mass is 507 g/mol. The number of nitrogens with two attached hydrogens (primary N) is 1. The lowest BCUT2D eigenvalue weighted by Crippen LogP contribution is -2.35. The molecular weight excluding hydrogens is 482 g/mol. The van der Waals surface area contributed by atoms with E-state index in [1.807, 2.05) is 24.3 Å². The lowest BCUT2D eigenvalue weighted by atomic mass is 10.1. The second kappa shape index (κ2) is 10.2. The van der Waals surface area contributed by atoms with Crippen molar-refractivity contribution in [3.63, 3.8) is 0 Å². The van der Waals surface area contributed by atoms with Crippen molar-refractivity contribution < 1.29 is 32.3 Å². The highest BCUT2D eigenvalue weighted by Gasteiger charge is 2.45. The number of hydrogen-bond donors (Lipinski definition) is 5. The van der Waals surface area contributed by atoms with Crippen LogP contribution in [0.2, 0.25) is 0 Å². The summed E-state index contributed by atoms with van der Waals surface area (Å²) in [6, 6.07) is 7.61. The summed E-state index contributed by atoms with van der Waals surface area (Å²) in [7, 11) is -4.25. The summed E-state index contributed by atoms with van der Waals surface area (Å²) in [4.78, 5) is 24.1. The predicted molar refractivity (Wildman–Crippen MR) is 122 cm³/mol. The van der Waals surface area contributed by atoms with Gasteiger partial charge in [-0.1, -0.05) is 24.3 Å². The van der Waals surface area contributed by atoms with Crippen LogP contribution in [-0.4, -0.2) is 69.0 Å². The Morgan fingerprint density at radius 1 is 1.17 bits per heavy atom. The standard InChI is InChI=1S/C20H25N7O7S/c1-11(28)22-6-12-4-2-3-5-13(12)7-23-18-15-19(25-9-24-18)27(10-26-15)20-17(30)16(29)14(34-20)8-33-35(21,31)32/h2-5,9-10,14,16-17,20,29-30H,6-8H2,1H3,(H,22,28)(H2,21,31,32)(H,23,24,25)/t14-,16-,17-,20-/m1/s1. The van der Waals surface area contributed by atoms with E-state index in [4.69, 9.17) is 9.88 Å². The number of aliphatic hydroxyl groups excluding tert-OH is 2. The number of imidazole rings is 1. The van der Waals surface area contributed by atoms with Gasteiger partial charge < -0.3 is 25.6 Å². The molecule has 6 N–H and O–H groups in total. The number of aromatic nitrogens is 4.